The maximum Gasteiger partial charge on any atom is 0.205 e. The molecule has 1 unspecified atom stereocenters. The third-order valence-electron chi connectivity index (χ3n) is 3.13. The van der Waals surface area contributed by atoms with Gasteiger partial charge >= 0.3 is 0 Å². The molecule has 0 radical (unpaired) electrons. The fraction of sp³-hybridized carbons (Fsp3) is 0.333. The van der Waals surface area contributed by atoms with E-state index in [0.29, 0.717) is 11.4 Å². The quantitative estimate of drug-likeness (QED) is 0.927. The van der Waals surface area contributed by atoms with E-state index in [1.807, 2.05) is 32.0 Å². The summed E-state index contributed by atoms with van der Waals surface area (Å²) >= 11 is 0. The molecule has 0 saturated carbocycles. The van der Waals surface area contributed by atoms with Crippen LogP contribution >= 0.6 is 0 Å². The summed E-state index contributed by atoms with van der Waals surface area (Å²) in [6, 6.07) is 6.95. The Morgan fingerprint density at radius 2 is 2.00 bits per heavy atom. The number of ether oxygens (including phenoxy) is 1. The number of hydrogen-bond donors (Lipinski definition) is 1. The number of aromatic nitrogens is 2. The zero-order valence-electron chi connectivity index (χ0n) is 12.2. The summed E-state index contributed by atoms with van der Waals surface area (Å²) in [6.07, 6.45) is 0. The first-order chi connectivity index (χ1) is 9.43. The van der Waals surface area contributed by atoms with Crippen molar-refractivity contribution in [2.75, 3.05) is 7.11 Å². The van der Waals surface area contributed by atoms with Crippen molar-refractivity contribution in [2.45, 2.75) is 26.8 Å². The van der Waals surface area contributed by atoms with E-state index in [1.54, 1.807) is 24.8 Å². The van der Waals surface area contributed by atoms with Crippen LogP contribution in [0.4, 0.5) is 0 Å². The third-order valence-corrected chi connectivity index (χ3v) is 3.13. The van der Waals surface area contributed by atoms with Gasteiger partial charge in [0.05, 0.1) is 7.11 Å². The van der Waals surface area contributed by atoms with Gasteiger partial charge < -0.3 is 10.5 Å². The van der Waals surface area contributed by atoms with Crippen LogP contribution in [0.1, 0.15) is 29.9 Å². The standard InChI is InChI=1S/C15H19N3O2/c1-9-5-6-14(20-4)12(7-9)18-10(2)8-13(19)15(17-18)11(3)16/h5-8,11H,16H2,1-4H3. The molecule has 0 aliphatic carbocycles. The van der Waals surface area contributed by atoms with E-state index in [1.165, 1.54) is 0 Å². The lowest BCUT2D eigenvalue weighted by Gasteiger charge is -2.16. The average molecular weight is 273 g/mol. The molecule has 1 atom stereocenters. The van der Waals surface area contributed by atoms with Crippen molar-refractivity contribution in [1.82, 2.24) is 9.78 Å². The van der Waals surface area contributed by atoms with Crippen LogP contribution in [0.5, 0.6) is 5.75 Å². The van der Waals surface area contributed by atoms with Crippen molar-refractivity contribution in [3.8, 4) is 11.4 Å². The molecule has 2 aromatic rings. The van der Waals surface area contributed by atoms with Gasteiger partial charge in [-0.2, -0.15) is 5.10 Å². The summed E-state index contributed by atoms with van der Waals surface area (Å²) in [5.41, 5.74) is 8.64. The highest BCUT2D eigenvalue weighted by atomic mass is 16.5. The van der Waals surface area contributed by atoms with Gasteiger partial charge in [0.25, 0.3) is 0 Å². The van der Waals surface area contributed by atoms with Crippen LogP contribution < -0.4 is 15.9 Å². The second kappa shape index (κ2) is 5.46. The molecular formula is C15H19N3O2. The summed E-state index contributed by atoms with van der Waals surface area (Å²) in [5, 5.41) is 4.39. The normalized spacial score (nSPS) is 12.2. The lowest BCUT2D eigenvalue weighted by Crippen LogP contribution is -2.24. The Morgan fingerprint density at radius 1 is 1.30 bits per heavy atom. The molecule has 1 heterocycles. The van der Waals surface area contributed by atoms with E-state index in [-0.39, 0.29) is 5.43 Å². The lowest BCUT2D eigenvalue weighted by molar-refractivity contribution is 0.410. The highest BCUT2D eigenvalue weighted by molar-refractivity contribution is 5.49. The van der Waals surface area contributed by atoms with Gasteiger partial charge in [-0.1, -0.05) is 6.07 Å². The van der Waals surface area contributed by atoms with Gasteiger partial charge in [-0.3, -0.25) is 4.79 Å². The molecular weight excluding hydrogens is 254 g/mol. The average Bonchev–Trinajstić information content (AvgIpc) is 2.38. The van der Waals surface area contributed by atoms with Crippen LogP contribution in [0.2, 0.25) is 0 Å². The second-order valence-corrected chi connectivity index (χ2v) is 4.91. The maximum absolute atomic E-state index is 11.9. The van der Waals surface area contributed by atoms with Gasteiger partial charge in [0.15, 0.2) is 0 Å². The molecule has 0 saturated heterocycles. The molecule has 106 valence electrons. The molecule has 2 rings (SSSR count). The molecule has 1 aromatic heterocycles. The van der Waals surface area contributed by atoms with Gasteiger partial charge in [0.2, 0.25) is 5.43 Å². The molecule has 5 nitrogen and oxygen atoms in total. The summed E-state index contributed by atoms with van der Waals surface area (Å²) in [6.45, 7) is 5.57. The van der Waals surface area contributed by atoms with Crippen molar-refractivity contribution in [1.29, 1.82) is 0 Å². The Hall–Kier alpha value is -2.14. The highest BCUT2D eigenvalue weighted by Gasteiger charge is 2.13. The minimum absolute atomic E-state index is 0.139. The molecule has 1 aromatic carbocycles. The molecule has 0 bridgehead atoms. The Morgan fingerprint density at radius 3 is 2.60 bits per heavy atom. The van der Waals surface area contributed by atoms with E-state index in [0.717, 1.165) is 16.9 Å². The van der Waals surface area contributed by atoms with Gasteiger partial charge in [-0.25, -0.2) is 4.68 Å². The van der Waals surface area contributed by atoms with Gasteiger partial charge in [0.1, 0.15) is 17.1 Å². The first-order valence-corrected chi connectivity index (χ1v) is 6.45. The van der Waals surface area contributed by atoms with E-state index in [4.69, 9.17) is 10.5 Å². The summed E-state index contributed by atoms with van der Waals surface area (Å²) < 4.78 is 7.07. The second-order valence-electron chi connectivity index (χ2n) is 4.91. The highest BCUT2D eigenvalue weighted by Crippen LogP contribution is 2.24. The molecule has 0 aliphatic rings. The molecule has 0 fully saturated rings. The summed E-state index contributed by atoms with van der Waals surface area (Å²) in [7, 11) is 1.61. The largest absolute Gasteiger partial charge is 0.494 e. The minimum atomic E-state index is -0.412. The molecule has 2 N–H and O–H groups in total. The van der Waals surface area contributed by atoms with Gasteiger partial charge in [-0.15, -0.1) is 0 Å². The third kappa shape index (κ3) is 2.58. The number of hydrogen-bond acceptors (Lipinski definition) is 4. The molecule has 0 spiro atoms. The Balaban J connectivity index is 2.72. The smallest absolute Gasteiger partial charge is 0.205 e. The van der Waals surface area contributed by atoms with Crippen LogP contribution in [0, 0.1) is 13.8 Å². The van der Waals surface area contributed by atoms with Crippen LogP contribution in [0.25, 0.3) is 5.69 Å². The Kier molecular flexibility index (Phi) is 3.90. The zero-order chi connectivity index (χ0) is 14.9. The van der Waals surface area contributed by atoms with Crippen molar-refractivity contribution < 1.29 is 4.74 Å². The summed E-state index contributed by atoms with van der Waals surface area (Å²) in [5.74, 6) is 0.700. The number of benzene rings is 1. The number of aryl methyl sites for hydroxylation is 2. The number of nitrogens with two attached hydrogens (primary N) is 1. The predicted molar refractivity (Wildman–Crippen MR) is 78.5 cm³/mol. The first kappa shape index (κ1) is 14.3. The van der Waals surface area contributed by atoms with Crippen LogP contribution in [-0.2, 0) is 0 Å². The molecule has 5 heteroatoms. The van der Waals surface area contributed by atoms with Gasteiger partial charge in [-0.05, 0) is 38.5 Å². The number of rotatable bonds is 3. The molecule has 0 aliphatic heterocycles. The molecule has 0 amide bonds. The van der Waals surface area contributed by atoms with Crippen molar-refractivity contribution in [2.24, 2.45) is 5.73 Å². The monoisotopic (exact) mass is 273 g/mol. The zero-order valence-corrected chi connectivity index (χ0v) is 12.2. The Bertz CT molecular complexity index is 690. The van der Waals surface area contributed by atoms with Crippen molar-refractivity contribution >= 4 is 0 Å². The Labute approximate surface area is 118 Å². The van der Waals surface area contributed by atoms with E-state index in [9.17, 15) is 4.79 Å². The fourth-order valence-electron chi connectivity index (χ4n) is 2.09. The van der Waals surface area contributed by atoms with Crippen LogP contribution in [0.15, 0.2) is 29.1 Å². The van der Waals surface area contributed by atoms with Crippen LogP contribution in [0.3, 0.4) is 0 Å². The SMILES string of the molecule is COc1ccc(C)cc1-n1nc(C(C)N)c(=O)cc1C. The summed E-state index contributed by atoms with van der Waals surface area (Å²) in [4.78, 5) is 11.9. The van der Waals surface area contributed by atoms with Crippen molar-refractivity contribution in [3.05, 3.63) is 51.4 Å². The minimum Gasteiger partial charge on any atom is -0.494 e. The van der Waals surface area contributed by atoms with E-state index in [2.05, 4.69) is 5.10 Å². The maximum atomic E-state index is 11.9. The fourth-order valence-corrected chi connectivity index (χ4v) is 2.09. The predicted octanol–water partition coefficient (Wildman–Crippen LogP) is 1.88. The first-order valence-electron chi connectivity index (χ1n) is 6.45. The lowest BCUT2D eigenvalue weighted by atomic mass is 10.2. The molecule has 20 heavy (non-hydrogen) atoms. The number of methoxy groups -OCH3 is 1. The van der Waals surface area contributed by atoms with E-state index >= 15 is 0 Å². The number of nitrogens with zero attached hydrogens (tertiary/aromatic N) is 2. The van der Waals surface area contributed by atoms with E-state index < -0.39 is 6.04 Å². The topological polar surface area (TPSA) is 70.1 Å². The van der Waals surface area contributed by atoms with Crippen LogP contribution in [-0.4, -0.2) is 16.9 Å². The van der Waals surface area contributed by atoms with Crippen molar-refractivity contribution in [3.63, 3.8) is 0 Å². The van der Waals surface area contributed by atoms with Gasteiger partial charge in [0, 0.05) is 17.8 Å².